The lowest BCUT2D eigenvalue weighted by molar-refractivity contribution is 0.131. The van der Waals surface area contributed by atoms with Gasteiger partial charge in [0.25, 0.3) is 0 Å². The molecule has 0 spiro atoms. The van der Waals surface area contributed by atoms with Crippen LogP contribution in [0.15, 0.2) is 10.7 Å². The molecule has 0 bridgehead atoms. The minimum absolute atomic E-state index is 0.0302. The van der Waals surface area contributed by atoms with Gasteiger partial charge in [0, 0.05) is 0 Å². The van der Waals surface area contributed by atoms with Crippen molar-refractivity contribution in [3.05, 3.63) is 10.7 Å². The van der Waals surface area contributed by atoms with Crippen LogP contribution in [0.2, 0.25) is 0 Å². The minimum atomic E-state index is -0.640. The molecule has 0 aliphatic rings. The molecular formula is C6H8BrN3O3. The predicted octanol–water partition coefficient (Wildman–Crippen LogP) is 0.713. The number of aliphatic hydroxyl groups excluding tert-OH is 1. The number of hydrogen-bond donors (Lipinski definition) is 3. The highest BCUT2D eigenvalue weighted by molar-refractivity contribution is 9.10. The first-order valence-corrected chi connectivity index (χ1v) is 4.27. The maximum Gasteiger partial charge on any atom is 0.412 e. The Morgan fingerprint density at radius 2 is 2.62 bits per heavy atom. The van der Waals surface area contributed by atoms with Gasteiger partial charge in [-0.05, 0) is 15.9 Å². The van der Waals surface area contributed by atoms with Crippen LogP contribution in [0.3, 0.4) is 0 Å². The van der Waals surface area contributed by atoms with Crippen LogP contribution in [0, 0.1) is 0 Å². The standard InChI is InChI=1S/C6H8BrN3O3/c7-4-3-8-10-5(4)9-6(12)13-2-1-11/h3,11H,1-2H2,(H2,8,9,10,12). The molecule has 13 heavy (non-hydrogen) atoms. The molecule has 1 aromatic heterocycles. The number of nitrogens with zero attached hydrogens (tertiary/aromatic N) is 1. The van der Waals surface area contributed by atoms with E-state index in [1.54, 1.807) is 0 Å². The molecule has 0 unspecified atom stereocenters. The van der Waals surface area contributed by atoms with Crippen LogP contribution in [-0.2, 0) is 4.74 Å². The van der Waals surface area contributed by atoms with Crippen LogP contribution < -0.4 is 5.32 Å². The van der Waals surface area contributed by atoms with Gasteiger partial charge in [0.15, 0.2) is 0 Å². The SMILES string of the molecule is O=C(Nc1[nH]ncc1Br)OCCO. The second kappa shape index (κ2) is 4.83. The number of carbonyl (C=O) groups excluding carboxylic acids is 1. The van der Waals surface area contributed by atoms with Crippen molar-refractivity contribution in [3.63, 3.8) is 0 Å². The van der Waals surface area contributed by atoms with Crippen LogP contribution in [0.5, 0.6) is 0 Å². The van der Waals surface area contributed by atoms with E-state index in [1.807, 2.05) is 0 Å². The molecule has 6 nitrogen and oxygen atoms in total. The molecule has 0 saturated carbocycles. The van der Waals surface area contributed by atoms with Crippen molar-refractivity contribution >= 4 is 27.8 Å². The lowest BCUT2D eigenvalue weighted by Crippen LogP contribution is -2.16. The molecular weight excluding hydrogens is 242 g/mol. The van der Waals surface area contributed by atoms with Gasteiger partial charge in [0.1, 0.15) is 12.4 Å². The topological polar surface area (TPSA) is 87.2 Å². The van der Waals surface area contributed by atoms with Crippen LogP contribution in [0.4, 0.5) is 10.6 Å². The van der Waals surface area contributed by atoms with E-state index in [0.717, 1.165) is 0 Å². The molecule has 0 fully saturated rings. The fourth-order valence-electron chi connectivity index (χ4n) is 0.636. The van der Waals surface area contributed by atoms with Gasteiger partial charge in [-0.3, -0.25) is 10.4 Å². The number of H-pyrrole nitrogens is 1. The van der Waals surface area contributed by atoms with Crippen LogP contribution >= 0.6 is 15.9 Å². The third kappa shape index (κ3) is 3.03. The first kappa shape index (κ1) is 10.0. The van der Waals surface area contributed by atoms with Gasteiger partial charge < -0.3 is 9.84 Å². The first-order chi connectivity index (χ1) is 6.24. The van der Waals surface area contributed by atoms with Gasteiger partial charge in [-0.15, -0.1) is 0 Å². The Labute approximate surface area is 82.4 Å². The number of anilines is 1. The highest BCUT2D eigenvalue weighted by Gasteiger charge is 2.06. The Morgan fingerprint density at radius 1 is 1.85 bits per heavy atom. The molecule has 0 atom stereocenters. The number of aromatic amines is 1. The van der Waals surface area contributed by atoms with Crippen LogP contribution in [0.25, 0.3) is 0 Å². The number of carbonyl (C=O) groups is 1. The van der Waals surface area contributed by atoms with Gasteiger partial charge >= 0.3 is 6.09 Å². The largest absolute Gasteiger partial charge is 0.447 e. The molecule has 0 saturated heterocycles. The van der Waals surface area contributed by atoms with E-state index < -0.39 is 6.09 Å². The fourth-order valence-corrected chi connectivity index (χ4v) is 0.926. The van der Waals surface area contributed by atoms with E-state index in [0.29, 0.717) is 10.3 Å². The summed E-state index contributed by atoms with van der Waals surface area (Å²) in [6.07, 6.45) is 0.862. The molecule has 0 aromatic carbocycles. The number of halogens is 1. The Morgan fingerprint density at radius 3 is 3.15 bits per heavy atom. The molecule has 0 radical (unpaired) electrons. The highest BCUT2D eigenvalue weighted by Crippen LogP contribution is 2.17. The molecule has 1 rings (SSSR count). The summed E-state index contributed by atoms with van der Waals surface area (Å²) in [6, 6.07) is 0. The number of aromatic nitrogens is 2. The molecule has 1 aromatic rings. The maximum absolute atomic E-state index is 10.9. The van der Waals surface area contributed by atoms with Gasteiger partial charge in [-0.25, -0.2) is 4.79 Å². The molecule has 1 amide bonds. The summed E-state index contributed by atoms with van der Waals surface area (Å²) in [7, 11) is 0. The second-order valence-corrected chi connectivity index (χ2v) is 2.93. The van der Waals surface area contributed by atoms with Crippen molar-refractivity contribution < 1.29 is 14.6 Å². The molecule has 3 N–H and O–H groups in total. The van der Waals surface area contributed by atoms with Crippen LogP contribution in [-0.4, -0.2) is 34.6 Å². The second-order valence-electron chi connectivity index (χ2n) is 2.08. The van der Waals surface area contributed by atoms with Crippen LogP contribution in [0.1, 0.15) is 0 Å². The van der Waals surface area contributed by atoms with E-state index in [4.69, 9.17) is 5.11 Å². The summed E-state index contributed by atoms with van der Waals surface area (Å²) >= 11 is 3.15. The van der Waals surface area contributed by atoms with Crippen molar-refractivity contribution in [2.24, 2.45) is 0 Å². The van der Waals surface area contributed by atoms with Gasteiger partial charge in [-0.2, -0.15) is 5.10 Å². The lowest BCUT2D eigenvalue weighted by Gasteiger charge is -2.03. The third-order valence-electron chi connectivity index (χ3n) is 1.14. The number of aliphatic hydroxyl groups is 1. The van der Waals surface area contributed by atoms with Crippen molar-refractivity contribution in [2.75, 3.05) is 18.5 Å². The average Bonchev–Trinajstić information content (AvgIpc) is 2.48. The maximum atomic E-state index is 10.9. The minimum Gasteiger partial charge on any atom is -0.447 e. The monoisotopic (exact) mass is 249 g/mol. The predicted molar refractivity (Wildman–Crippen MR) is 48.3 cm³/mol. The molecule has 7 heteroatoms. The number of rotatable bonds is 3. The third-order valence-corrected chi connectivity index (χ3v) is 1.75. The van der Waals surface area contributed by atoms with E-state index in [-0.39, 0.29) is 13.2 Å². The van der Waals surface area contributed by atoms with E-state index >= 15 is 0 Å². The highest BCUT2D eigenvalue weighted by atomic mass is 79.9. The normalized spacial score (nSPS) is 9.69. The Kier molecular flexibility index (Phi) is 3.71. The molecule has 0 aliphatic carbocycles. The van der Waals surface area contributed by atoms with E-state index in [1.165, 1.54) is 6.20 Å². The quantitative estimate of drug-likeness (QED) is 0.737. The summed E-state index contributed by atoms with van der Waals surface area (Å²) in [4.78, 5) is 10.9. The number of nitrogens with one attached hydrogen (secondary N) is 2. The average molecular weight is 250 g/mol. The smallest absolute Gasteiger partial charge is 0.412 e. The van der Waals surface area contributed by atoms with Gasteiger partial charge in [-0.1, -0.05) is 0 Å². The van der Waals surface area contributed by atoms with E-state index in [9.17, 15) is 4.79 Å². The molecule has 1 heterocycles. The number of amides is 1. The summed E-state index contributed by atoms with van der Waals surface area (Å²) in [5, 5.41) is 17.0. The summed E-state index contributed by atoms with van der Waals surface area (Å²) in [6.45, 7) is -0.227. The van der Waals surface area contributed by atoms with Crippen molar-refractivity contribution in [2.45, 2.75) is 0 Å². The van der Waals surface area contributed by atoms with Gasteiger partial charge in [0.05, 0.1) is 17.3 Å². The molecule has 72 valence electrons. The Hall–Kier alpha value is -1.08. The Balaban J connectivity index is 2.41. The Bertz CT molecular complexity index is 288. The zero-order valence-electron chi connectivity index (χ0n) is 6.58. The molecule has 0 aliphatic heterocycles. The van der Waals surface area contributed by atoms with Crippen molar-refractivity contribution in [1.29, 1.82) is 0 Å². The lowest BCUT2D eigenvalue weighted by atomic mass is 10.6. The fraction of sp³-hybridized carbons (Fsp3) is 0.333. The van der Waals surface area contributed by atoms with Crippen molar-refractivity contribution in [3.8, 4) is 0 Å². The zero-order chi connectivity index (χ0) is 9.68. The van der Waals surface area contributed by atoms with Crippen molar-refractivity contribution in [1.82, 2.24) is 10.2 Å². The zero-order valence-corrected chi connectivity index (χ0v) is 8.17. The summed E-state index contributed by atoms with van der Waals surface area (Å²) in [5.41, 5.74) is 0. The summed E-state index contributed by atoms with van der Waals surface area (Å²) in [5.74, 6) is 0.419. The van der Waals surface area contributed by atoms with Gasteiger partial charge in [0.2, 0.25) is 0 Å². The van der Waals surface area contributed by atoms with E-state index in [2.05, 4.69) is 36.2 Å². The number of ether oxygens (including phenoxy) is 1. The first-order valence-electron chi connectivity index (χ1n) is 3.47. The summed E-state index contributed by atoms with van der Waals surface area (Å²) < 4.78 is 5.18. The number of hydrogen-bond acceptors (Lipinski definition) is 4.